The predicted octanol–water partition coefficient (Wildman–Crippen LogP) is 4.05. The quantitative estimate of drug-likeness (QED) is 0.822. The lowest BCUT2D eigenvalue weighted by Crippen LogP contribution is -2.13. The van der Waals surface area contributed by atoms with Crippen LogP contribution in [0, 0.1) is 12.8 Å². The van der Waals surface area contributed by atoms with Gasteiger partial charge in [0.2, 0.25) is 5.88 Å². The number of hydrogen-bond donors (Lipinski definition) is 1. The van der Waals surface area contributed by atoms with Crippen LogP contribution >= 0.6 is 0 Å². The molecule has 2 aliphatic carbocycles. The van der Waals surface area contributed by atoms with Crippen molar-refractivity contribution in [1.82, 2.24) is 9.97 Å². The van der Waals surface area contributed by atoms with Crippen LogP contribution < -0.4 is 10.1 Å². The minimum Gasteiger partial charge on any atom is -0.477 e. The maximum atomic E-state index is 6.07. The third-order valence-electron chi connectivity index (χ3n) is 4.53. The number of hydrogen-bond acceptors (Lipinski definition) is 4. The van der Waals surface area contributed by atoms with Crippen molar-refractivity contribution in [2.24, 2.45) is 5.92 Å². The van der Waals surface area contributed by atoms with E-state index in [-0.39, 0.29) is 0 Å². The van der Waals surface area contributed by atoms with Gasteiger partial charge in [-0.1, -0.05) is 19.8 Å². The van der Waals surface area contributed by atoms with Gasteiger partial charge in [0.05, 0.1) is 12.2 Å². The van der Waals surface area contributed by atoms with Crippen molar-refractivity contribution in [2.45, 2.75) is 64.7 Å². The lowest BCUT2D eigenvalue weighted by Gasteiger charge is -2.16. The molecule has 1 aromatic heterocycles. The van der Waals surface area contributed by atoms with E-state index in [0.717, 1.165) is 48.6 Å². The van der Waals surface area contributed by atoms with Crippen molar-refractivity contribution in [3.8, 4) is 5.88 Å². The fourth-order valence-corrected chi connectivity index (χ4v) is 2.97. The van der Waals surface area contributed by atoms with E-state index >= 15 is 0 Å². The average molecular weight is 289 g/mol. The van der Waals surface area contributed by atoms with E-state index in [0.29, 0.717) is 5.92 Å². The molecule has 116 valence electrons. The SMILES string of the molecule is CCCNc1nc(C2CC2)nc(OCC2CCCC2)c1C. The molecule has 0 spiro atoms. The van der Waals surface area contributed by atoms with Gasteiger partial charge in [-0.05, 0) is 44.9 Å². The van der Waals surface area contributed by atoms with E-state index in [4.69, 9.17) is 14.7 Å². The molecule has 3 rings (SSSR count). The van der Waals surface area contributed by atoms with Crippen molar-refractivity contribution >= 4 is 5.82 Å². The van der Waals surface area contributed by atoms with Crippen molar-refractivity contribution in [3.63, 3.8) is 0 Å². The summed E-state index contributed by atoms with van der Waals surface area (Å²) in [5.74, 6) is 4.02. The number of aromatic nitrogens is 2. The lowest BCUT2D eigenvalue weighted by atomic mass is 10.1. The second-order valence-electron chi connectivity index (χ2n) is 6.52. The van der Waals surface area contributed by atoms with Crippen LogP contribution in [-0.4, -0.2) is 23.1 Å². The molecule has 21 heavy (non-hydrogen) atoms. The molecule has 0 bridgehead atoms. The molecule has 0 unspecified atom stereocenters. The Bertz CT molecular complexity index is 479. The summed E-state index contributed by atoms with van der Waals surface area (Å²) in [5.41, 5.74) is 1.06. The molecular weight excluding hydrogens is 262 g/mol. The standard InChI is InChI=1S/C17H27N3O/c1-3-10-18-15-12(2)17(20-16(19-15)14-8-9-14)21-11-13-6-4-5-7-13/h13-14H,3-11H2,1-2H3,(H,18,19,20). The van der Waals surface area contributed by atoms with Crippen LogP contribution in [0.1, 0.15) is 69.2 Å². The largest absolute Gasteiger partial charge is 0.477 e. The summed E-state index contributed by atoms with van der Waals surface area (Å²) in [6.07, 6.45) is 8.86. The molecular formula is C17H27N3O. The van der Waals surface area contributed by atoms with Gasteiger partial charge in [-0.15, -0.1) is 0 Å². The Hall–Kier alpha value is -1.32. The highest BCUT2D eigenvalue weighted by atomic mass is 16.5. The van der Waals surface area contributed by atoms with Crippen LogP contribution in [0.4, 0.5) is 5.82 Å². The molecule has 2 aliphatic rings. The Morgan fingerprint density at radius 2 is 1.90 bits per heavy atom. The molecule has 0 aliphatic heterocycles. The molecule has 0 aromatic carbocycles. The number of rotatable bonds is 7. The topological polar surface area (TPSA) is 47.0 Å². The maximum Gasteiger partial charge on any atom is 0.221 e. The Balaban J connectivity index is 1.74. The van der Waals surface area contributed by atoms with Crippen LogP contribution in [0.25, 0.3) is 0 Å². The van der Waals surface area contributed by atoms with Gasteiger partial charge in [-0.3, -0.25) is 0 Å². The van der Waals surface area contributed by atoms with Crippen LogP contribution in [0.5, 0.6) is 5.88 Å². The van der Waals surface area contributed by atoms with Gasteiger partial charge in [-0.25, -0.2) is 4.98 Å². The summed E-state index contributed by atoms with van der Waals surface area (Å²) in [4.78, 5) is 9.40. The molecule has 0 atom stereocenters. The summed E-state index contributed by atoms with van der Waals surface area (Å²) in [7, 11) is 0. The zero-order chi connectivity index (χ0) is 14.7. The van der Waals surface area contributed by atoms with Crippen LogP contribution in [0.2, 0.25) is 0 Å². The van der Waals surface area contributed by atoms with Crippen molar-refractivity contribution in [3.05, 3.63) is 11.4 Å². The van der Waals surface area contributed by atoms with Gasteiger partial charge in [0.1, 0.15) is 11.6 Å². The molecule has 4 heteroatoms. The molecule has 0 amide bonds. The zero-order valence-electron chi connectivity index (χ0n) is 13.3. The Morgan fingerprint density at radius 3 is 2.57 bits per heavy atom. The highest BCUT2D eigenvalue weighted by Gasteiger charge is 2.28. The van der Waals surface area contributed by atoms with Crippen molar-refractivity contribution in [2.75, 3.05) is 18.5 Å². The molecule has 2 saturated carbocycles. The van der Waals surface area contributed by atoms with E-state index in [9.17, 15) is 0 Å². The van der Waals surface area contributed by atoms with Gasteiger partial charge in [0.15, 0.2) is 0 Å². The third-order valence-corrected chi connectivity index (χ3v) is 4.53. The molecule has 0 saturated heterocycles. The molecule has 0 radical (unpaired) electrons. The van der Waals surface area contributed by atoms with E-state index in [1.54, 1.807) is 0 Å². The first-order chi connectivity index (χ1) is 10.3. The van der Waals surface area contributed by atoms with Crippen molar-refractivity contribution in [1.29, 1.82) is 0 Å². The first-order valence-electron chi connectivity index (χ1n) is 8.53. The second kappa shape index (κ2) is 6.63. The van der Waals surface area contributed by atoms with Crippen LogP contribution in [-0.2, 0) is 0 Å². The minimum absolute atomic E-state index is 0.557. The lowest BCUT2D eigenvalue weighted by molar-refractivity contribution is 0.241. The molecule has 2 fully saturated rings. The summed E-state index contributed by atoms with van der Waals surface area (Å²) in [6, 6.07) is 0. The van der Waals surface area contributed by atoms with Crippen LogP contribution in [0.15, 0.2) is 0 Å². The summed E-state index contributed by atoms with van der Waals surface area (Å²) >= 11 is 0. The fraction of sp³-hybridized carbons (Fsp3) is 0.765. The van der Waals surface area contributed by atoms with Gasteiger partial charge in [0, 0.05) is 12.5 Å². The summed E-state index contributed by atoms with van der Waals surface area (Å²) in [6.45, 7) is 6.00. The van der Waals surface area contributed by atoms with E-state index < -0.39 is 0 Å². The molecule has 1 aromatic rings. The second-order valence-corrected chi connectivity index (χ2v) is 6.52. The number of ether oxygens (including phenoxy) is 1. The third kappa shape index (κ3) is 3.66. The first-order valence-corrected chi connectivity index (χ1v) is 8.53. The maximum absolute atomic E-state index is 6.07. The number of nitrogens with one attached hydrogen (secondary N) is 1. The minimum atomic E-state index is 0.557. The number of nitrogens with zero attached hydrogens (tertiary/aromatic N) is 2. The average Bonchev–Trinajstić information content (AvgIpc) is 3.21. The van der Waals surface area contributed by atoms with Gasteiger partial charge in [0.25, 0.3) is 0 Å². The Morgan fingerprint density at radius 1 is 1.14 bits per heavy atom. The van der Waals surface area contributed by atoms with Crippen LogP contribution in [0.3, 0.4) is 0 Å². The van der Waals surface area contributed by atoms with Crippen molar-refractivity contribution < 1.29 is 4.74 Å². The molecule has 1 N–H and O–H groups in total. The smallest absolute Gasteiger partial charge is 0.221 e. The first kappa shape index (κ1) is 14.6. The van der Waals surface area contributed by atoms with E-state index in [1.807, 2.05) is 0 Å². The summed E-state index contributed by atoms with van der Waals surface area (Å²) in [5, 5.41) is 3.42. The van der Waals surface area contributed by atoms with Gasteiger partial charge < -0.3 is 10.1 Å². The molecule has 1 heterocycles. The molecule has 4 nitrogen and oxygen atoms in total. The van der Waals surface area contributed by atoms with E-state index in [2.05, 4.69) is 19.2 Å². The summed E-state index contributed by atoms with van der Waals surface area (Å²) < 4.78 is 6.07. The monoisotopic (exact) mass is 289 g/mol. The predicted molar refractivity (Wildman–Crippen MR) is 85.0 cm³/mol. The van der Waals surface area contributed by atoms with E-state index in [1.165, 1.54) is 38.5 Å². The normalized spacial score (nSPS) is 19.0. The highest BCUT2D eigenvalue weighted by Crippen LogP contribution is 2.40. The number of anilines is 1. The van der Waals surface area contributed by atoms with Gasteiger partial charge in [-0.2, -0.15) is 4.98 Å². The fourth-order valence-electron chi connectivity index (χ4n) is 2.97. The Labute approximate surface area is 127 Å². The highest BCUT2D eigenvalue weighted by molar-refractivity contribution is 5.49. The zero-order valence-corrected chi connectivity index (χ0v) is 13.3. The Kier molecular flexibility index (Phi) is 4.61. The van der Waals surface area contributed by atoms with Gasteiger partial charge >= 0.3 is 0 Å².